The minimum atomic E-state index is -3.52. The molecule has 1 atom stereocenters. The predicted octanol–water partition coefficient (Wildman–Crippen LogP) is 1.15. The highest BCUT2D eigenvalue weighted by Crippen LogP contribution is 2.24. The summed E-state index contributed by atoms with van der Waals surface area (Å²) in [5.41, 5.74) is 0.104. The van der Waals surface area contributed by atoms with E-state index < -0.39 is 19.9 Å². The molecule has 0 aliphatic rings. The fourth-order valence-electron chi connectivity index (χ4n) is 1.29. The highest BCUT2D eigenvalue weighted by Gasteiger charge is 2.19. The summed E-state index contributed by atoms with van der Waals surface area (Å²) in [6.45, 7) is 6.47. The minimum absolute atomic E-state index is 0.0329. The van der Waals surface area contributed by atoms with Gasteiger partial charge in [0.15, 0.2) is 0 Å². The van der Waals surface area contributed by atoms with E-state index in [9.17, 15) is 16.8 Å². The standard InChI is InChI=1S/C10H22BrNO4S2/c1-10(2,3)7-9(11)8-12-18(15,16)6-5-17(4,13)14/h9,12H,5-8H2,1-4H3. The van der Waals surface area contributed by atoms with Crippen molar-refractivity contribution >= 4 is 35.8 Å². The lowest BCUT2D eigenvalue weighted by atomic mass is 9.91. The molecule has 0 spiro atoms. The molecule has 0 saturated heterocycles. The maximum absolute atomic E-state index is 11.6. The smallest absolute Gasteiger partial charge is 0.212 e. The zero-order valence-electron chi connectivity index (χ0n) is 11.2. The van der Waals surface area contributed by atoms with Gasteiger partial charge in [0.05, 0.1) is 11.5 Å². The fraction of sp³-hybridized carbons (Fsp3) is 1.00. The van der Waals surface area contributed by atoms with Gasteiger partial charge in [-0.2, -0.15) is 0 Å². The molecule has 1 unspecified atom stereocenters. The molecule has 5 nitrogen and oxygen atoms in total. The summed E-state index contributed by atoms with van der Waals surface area (Å²) in [6, 6.07) is 0. The molecule has 0 fully saturated rings. The summed E-state index contributed by atoms with van der Waals surface area (Å²) in [7, 11) is -6.78. The van der Waals surface area contributed by atoms with Crippen molar-refractivity contribution in [1.82, 2.24) is 4.72 Å². The molecule has 0 rings (SSSR count). The largest absolute Gasteiger partial charge is 0.229 e. The van der Waals surface area contributed by atoms with Crippen LogP contribution >= 0.6 is 15.9 Å². The Morgan fingerprint density at radius 2 is 1.61 bits per heavy atom. The van der Waals surface area contributed by atoms with Crippen molar-refractivity contribution in [2.45, 2.75) is 32.0 Å². The summed E-state index contributed by atoms with van der Waals surface area (Å²) in [6.07, 6.45) is 1.84. The molecule has 0 radical (unpaired) electrons. The lowest BCUT2D eigenvalue weighted by Gasteiger charge is -2.22. The number of sulfone groups is 1. The predicted molar refractivity (Wildman–Crippen MR) is 78.3 cm³/mol. The van der Waals surface area contributed by atoms with E-state index in [2.05, 4.69) is 41.4 Å². The molecule has 0 aliphatic carbocycles. The Balaban J connectivity index is 4.20. The van der Waals surface area contributed by atoms with Crippen molar-refractivity contribution in [3.05, 3.63) is 0 Å². The summed E-state index contributed by atoms with van der Waals surface area (Å²) >= 11 is 3.41. The number of rotatable bonds is 7. The Morgan fingerprint density at radius 3 is 2.00 bits per heavy atom. The zero-order valence-corrected chi connectivity index (χ0v) is 14.5. The molecular weight excluding hydrogens is 342 g/mol. The number of sulfonamides is 1. The van der Waals surface area contributed by atoms with E-state index in [1.807, 2.05) is 0 Å². The van der Waals surface area contributed by atoms with Crippen molar-refractivity contribution in [1.29, 1.82) is 0 Å². The second-order valence-electron chi connectivity index (χ2n) is 5.66. The van der Waals surface area contributed by atoms with Gasteiger partial charge in [0.1, 0.15) is 9.84 Å². The molecule has 0 aromatic heterocycles. The molecule has 8 heteroatoms. The molecule has 1 N–H and O–H groups in total. The normalized spacial score (nSPS) is 15.6. The topological polar surface area (TPSA) is 80.3 Å². The number of nitrogens with one attached hydrogen (secondary N) is 1. The van der Waals surface area contributed by atoms with Crippen molar-refractivity contribution in [2.75, 3.05) is 24.3 Å². The first-order chi connectivity index (χ1) is 7.81. The second kappa shape index (κ2) is 6.67. The Bertz CT molecular complexity index is 451. The van der Waals surface area contributed by atoms with E-state index in [1.54, 1.807) is 0 Å². The number of hydrogen-bond acceptors (Lipinski definition) is 4. The maximum atomic E-state index is 11.6. The van der Waals surface area contributed by atoms with E-state index in [1.165, 1.54) is 0 Å². The van der Waals surface area contributed by atoms with Gasteiger partial charge in [0, 0.05) is 17.6 Å². The van der Waals surface area contributed by atoms with Gasteiger partial charge in [-0.25, -0.2) is 21.6 Å². The first kappa shape index (κ1) is 18.3. The van der Waals surface area contributed by atoms with Crippen molar-refractivity contribution in [3.8, 4) is 0 Å². The molecule has 0 aromatic carbocycles. The van der Waals surface area contributed by atoms with Crippen LogP contribution in [0.25, 0.3) is 0 Å². The van der Waals surface area contributed by atoms with Gasteiger partial charge in [0.2, 0.25) is 10.0 Å². The van der Waals surface area contributed by atoms with Crippen LogP contribution in [0.15, 0.2) is 0 Å². The van der Waals surface area contributed by atoms with E-state index in [4.69, 9.17) is 0 Å². The van der Waals surface area contributed by atoms with Crippen molar-refractivity contribution in [3.63, 3.8) is 0 Å². The van der Waals surface area contributed by atoms with Crippen LogP contribution in [0, 0.1) is 5.41 Å². The summed E-state index contributed by atoms with van der Waals surface area (Å²) in [5.74, 6) is -0.740. The van der Waals surface area contributed by atoms with Crippen LogP contribution in [-0.4, -0.2) is 46.0 Å². The highest BCUT2D eigenvalue weighted by atomic mass is 79.9. The monoisotopic (exact) mass is 363 g/mol. The SMILES string of the molecule is CC(C)(C)CC(Br)CNS(=O)(=O)CCS(C)(=O)=O. The molecule has 0 amide bonds. The third-order valence-corrected chi connectivity index (χ3v) is 5.28. The van der Waals surface area contributed by atoms with Crippen LogP contribution in [0.2, 0.25) is 0 Å². The molecule has 0 aromatic rings. The highest BCUT2D eigenvalue weighted by molar-refractivity contribution is 9.09. The van der Waals surface area contributed by atoms with E-state index in [0.29, 0.717) is 0 Å². The van der Waals surface area contributed by atoms with Crippen LogP contribution in [-0.2, 0) is 19.9 Å². The lowest BCUT2D eigenvalue weighted by Crippen LogP contribution is -2.34. The second-order valence-corrected chi connectivity index (χ2v) is 11.1. The Labute approximate surface area is 119 Å². The molecule has 0 aliphatic heterocycles. The molecule has 0 bridgehead atoms. The van der Waals surface area contributed by atoms with E-state index >= 15 is 0 Å². The van der Waals surface area contributed by atoms with Crippen molar-refractivity contribution in [2.24, 2.45) is 5.41 Å². The van der Waals surface area contributed by atoms with Gasteiger partial charge >= 0.3 is 0 Å². The van der Waals surface area contributed by atoms with Crippen LogP contribution in [0.3, 0.4) is 0 Å². The first-order valence-corrected chi connectivity index (χ1v) is 10.2. The van der Waals surface area contributed by atoms with Gasteiger partial charge in [-0.05, 0) is 11.8 Å². The number of hydrogen-bond donors (Lipinski definition) is 1. The lowest BCUT2D eigenvalue weighted by molar-refractivity contribution is 0.373. The van der Waals surface area contributed by atoms with E-state index in [0.717, 1.165) is 12.7 Å². The summed E-state index contributed by atoms with van der Waals surface area (Å²) in [5, 5.41) is 0. The molecule has 110 valence electrons. The third kappa shape index (κ3) is 11.4. The van der Waals surface area contributed by atoms with E-state index in [-0.39, 0.29) is 28.3 Å². The molecule has 18 heavy (non-hydrogen) atoms. The quantitative estimate of drug-likeness (QED) is 0.688. The third-order valence-electron chi connectivity index (χ3n) is 2.08. The van der Waals surface area contributed by atoms with Gasteiger partial charge in [-0.3, -0.25) is 0 Å². The number of alkyl halides is 1. The van der Waals surface area contributed by atoms with Crippen LogP contribution in [0.4, 0.5) is 0 Å². The molecular formula is C10H22BrNO4S2. The zero-order chi connectivity index (χ0) is 14.6. The summed E-state index contributed by atoms with van der Waals surface area (Å²) < 4.78 is 47.3. The average Bonchev–Trinajstić information content (AvgIpc) is 2.08. The van der Waals surface area contributed by atoms with Gasteiger partial charge in [-0.15, -0.1) is 0 Å². The van der Waals surface area contributed by atoms with Crippen LogP contribution in [0.1, 0.15) is 27.2 Å². The first-order valence-electron chi connectivity index (χ1n) is 5.60. The van der Waals surface area contributed by atoms with Gasteiger partial charge in [0.25, 0.3) is 0 Å². The fourth-order valence-corrected chi connectivity index (χ4v) is 5.32. The van der Waals surface area contributed by atoms with Gasteiger partial charge < -0.3 is 0 Å². The Morgan fingerprint density at radius 1 is 1.11 bits per heavy atom. The van der Waals surface area contributed by atoms with Gasteiger partial charge in [-0.1, -0.05) is 36.7 Å². The maximum Gasteiger partial charge on any atom is 0.212 e. The minimum Gasteiger partial charge on any atom is -0.229 e. The average molecular weight is 364 g/mol. The Hall–Kier alpha value is 0.340. The van der Waals surface area contributed by atoms with Crippen LogP contribution < -0.4 is 4.72 Å². The number of halogens is 1. The van der Waals surface area contributed by atoms with Crippen molar-refractivity contribution < 1.29 is 16.8 Å². The Kier molecular flexibility index (Phi) is 6.80. The summed E-state index contributed by atoms with van der Waals surface area (Å²) in [4.78, 5) is 0.0329. The van der Waals surface area contributed by atoms with Crippen LogP contribution in [0.5, 0.6) is 0 Å². The molecule has 0 saturated carbocycles. The molecule has 0 heterocycles.